The molecule has 0 rings (SSSR count). The molecule has 0 radical (unpaired) electrons. The minimum atomic E-state index is -0.785. The largest absolute Gasteiger partial charge is 0.462 e. The van der Waals surface area contributed by atoms with Crippen LogP contribution in [0.15, 0.2) is 36.5 Å². The van der Waals surface area contributed by atoms with Crippen LogP contribution in [0.1, 0.15) is 213 Å². The zero-order valence-corrected chi connectivity index (χ0v) is 33.7. The van der Waals surface area contributed by atoms with E-state index in [4.69, 9.17) is 4.74 Å². The van der Waals surface area contributed by atoms with Crippen molar-refractivity contribution in [2.45, 2.75) is 232 Å². The molecule has 0 bridgehead atoms. The summed E-state index contributed by atoms with van der Waals surface area (Å²) in [6.07, 6.45) is 43.5. The van der Waals surface area contributed by atoms with E-state index in [1.807, 2.05) is 0 Å². The summed E-state index contributed by atoms with van der Waals surface area (Å²) in [5.41, 5.74) is 0. The smallest absolute Gasteiger partial charge is 0.306 e. The van der Waals surface area contributed by atoms with Gasteiger partial charge in [0.2, 0.25) is 5.91 Å². The minimum absolute atomic E-state index is 0.0701. The fourth-order valence-corrected chi connectivity index (χ4v) is 6.44. The molecule has 3 N–H and O–H groups in total. The van der Waals surface area contributed by atoms with E-state index in [0.29, 0.717) is 19.3 Å². The summed E-state index contributed by atoms with van der Waals surface area (Å²) in [6.45, 7) is 6.31. The topological polar surface area (TPSA) is 95.9 Å². The first-order valence-corrected chi connectivity index (χ1v) is 21.7. The van der Waals surface area contributed by atoms with Crippen LogP contribution in [-0.2, 0) is 14.3 Å². The van der Waals surface area contributed by atoms with Crippen LogP contribution in [0.3, 0.4) is 0 Å². The van der Waals surface area contributed by atoms with E-state index in [2.05, 4.69) is 62.5 Å². The highest BCUT2D eigenvalue weighted by Crippen LogP contribution is 2.17. The van der Waals surface area contributed by atoms with Crippen LogP contribution >= 0.6 is 0 Å². The molecule has 0 spiro atoms. The fourth-order valence-electron chi connectivity index (χ4n) is 6.44. The highest BCUT2D eigenvalue weighted by Gasteiger charge is 2.24. The summed E-state index contributed by atoms with van der Waals surface area (Å²) in [7, 11) is 0. The SMILES string of the molecule is CC/C=C/C/C=C/C/C=C/CCCCCCC(=O)OC(CCCCCCCCCC)CC(=O)NC(CO)C(O)CCCCCCCCCCCC. The zero-order chi connectivity index (χ0) is 37.5. The molecule has 6 heteroatoms. The first kappa shape index (κ1) is 49.1. The van der Waals surface area contributed by atoms with Gasteiger partial charge in [-0.25, -0.2) is 0 Å². The van der Waals surface area contributed by atoms with Crippen LogP contribution in [0.2, 0.25) is 0 Å². The Balaban J connectivity index is 4.55. The normalized spacial score (nSPS) is 13.7. The average molecular weight is 718 g/mol. The van der Waals surface area contributed by atoms with Gasteiger partial charge in [-0.2, -0.15) is 0 Å². The standard InChI is InChI=1S/C45H83NO5/c1-4-7-10-13-16-19-21-22-23-24-26-29-32-35-38-45(50)51-41(36-33-30-27-18-15-12-9-6-3)39-44(49)46-42(40-47)43(48)37-34-31-28-25-20-17-14-11-8-5-2/h7,10,16,19,22-23,41-43,47-48H,4-6,8-9,11-15,17-18,20-21,24-40H2,1-3H3,(H,46,49)/b10-7+,19-16+,23-22+. The van der Waals surface area contributed by atoms with Crippen LogP contribution in [0, 0.1) is 0 Å². The molecule has 0 saturated carbocycles. The van der Waals surface area contributed by atoms with Gasteiger partial charge in [0.05, 0.1) is 25.2 Å². The Morgan fingerprint density at radius 1 is 0.588 bits per heavy atom. The first-order chi connectivity index (χ1) is 25.0. The Kier molecular flexibility index (Phi) is 37.8. The quantitative estimate of drug-likeness (QED) is 0.0336. The number of aliphatic hydroxyl groups is 2. The number of carbonyl (C=O) groups is 2. The van der Waals surface area contributed by atoms with Crippen molar-refractivity contribution in [1.29, 1.82) is 0 Å². The molecule has 0 heterocycles. The summed E-state index contributed by atoms with van der Waals surface area (Å²) in [4.78, 5) is 25.8. The predicted molar refractivity (Wildman–Crippen MR) is 218 cm³/mol. The number of aliphatic hydroxyl groups excluding tert-OH is 2. The first-order valence-electron chi connectivity index (χ1n) is 21.7. The van der Waals surface area contributed by atoms with Gasteiger partial charge in [0.1, 0.15) is 6.10 Å². The van der Waals surface area contributed by atoms with E-state index >= 15 is 0 Å². The monoisotopic (exact) mass is 718 g/mol. The Morgan fingerprint density at radius 2 is 1.06 bits per heavy atom. The van der Waals surface area contributed by atoms with Crippen LogP contribution in [-0.4, -0.2) is 46.9 Å². The Hall–Kier alpha value is -1.92. The number of rotatable bonds is 38. The van der Waals surface area contributed by atoms with Gasteiger partial charge in [0.15, 0.2) is 0 Å². The van der Waals surface area contributed by atoms with Gasteiger partial charge in [0.25, 0.3) is 0 Å². The summed E-state index contributed by atoms with van der Waals surface area (Å²) in [6, 6.07) is -0.699. The third-order valence-corrected chi connectivity index (χ3v) is 9.73. The number of hydrogen-bond acceptors (Lipinski definition) is 5. The maximum atomic E-state index is 13.0. The molecule has 0 fully saturated rings. The molecule has 6 nitrogen and oxygen atoms in total. The number of amides is 1. The minimum Gasteiger partial charge on any atom is -0.462 e. The molecular weight excluding hydrogens is 634 g/mol. The number of allylic oxidation sites excluding steroid dienone is 6. The molecule has 3 atom stereocenters. The third kappa shape index (κ3) is 34.9. The number of nitrogens with one attached hydrogen (secondary N) is 1. The molecule has 0 saturated heterocycles. The Morgan fingerprint density at radius 3 is 1.61 bits per heavy atom. The molecule has 0 aliphatic rings. The van der Waals surface area contributed by atoms with Gasteiger partial charge >= 0.3 is 5.97 Å². The van der Waals surface area contributed by atoms with E-state index in [0.717, 1.165) is 89.9 Å². The lowest BCUT2D eigenvalue weighted by atomic mass is 10.0. The van der Waals surface area contributed by atoms with Crippen molar-refractivity contribution < 1.29 is 24.5 Å². The van der Waals surface area contributed by atoms with Crippen molar-refractivity contribution in [3.63, 3.8) is 0 Å². The van der Waals surface area contributed by atoms with Crippen LogP contribution < -0.4 is 5.32 Å². The summed E-state index contributed by atoms with van der Waals surface area (Å²) in [5.74, 6) is -0.502. The fraction of sp³-hybridized carbons (Fsp3) is 0.822. The number of ether oxygens (including phenoxy) is 1. The molecule has 3 unspecified atom stereocenters. The maximum absolute atomic E-state index is 13.0. The van der Waals surface area contributed by atoms with Gasteiger partial charge in [-0.1, -0.05) is 179 Å². The average Bonchev–Trinajstić information content (AvgIpc) is 3.12. The molecule has 0 aliphatic carbocycles. The van der Waals surface area contributed by atoms with Crippen molar-refractivity contribution in [3.05, 3.63) is 36.5 Å². The van der Waals surface area contributed by atoms with Gasteiger partial charge in [-0.3, -0.25) is 9.59 Å². The molecule has 0 aromatic heterocycles. The third-order valence-electron chi connectivity index (χ3n) is 9.73. The zero-order valence-electron chi connectivity index (χ0n) is 33.7. The van der Waals surface area contributed by atoms with E-state index in [-0.39, 0.29) is 24.9 Å². The molecule has 0 aliphatic heterocycles. The van der Waals surface area contributed by atoms with Crippen molar-refractivity contribution in [3.8, 4) is 0 Å². The second-order valence-electron chi connectivity index (χ2n) is 14.7. The maximum Gasteiger partial charge on any atom is 0.306 e. The van der Waals surface area contributed by atoms with Crippen molar-refractivity contribution >= 4 is 11.9 Å². The van der Waals surface area contributed by atoms with Crippen LogP contribution in [0.25, 0.3) is 0 Å². The van der Waals surface area contributed by atoms with Crippen LogP contribution in [0.4, 0.5) is 0 Å². The second kappa shape index (κ2) is 39.3. The van der Waals surface area contributed by atoms with Crippen molar-refractivity contribution in [1.82, 2.24) is 5.32 Å². The van der Waals surface area contributed by atoms with Crippen molar-refractivity contribution in [2.24, 2.45) is 0 Å². The van der Waals surface area contributed by atoms with Gasteiger partial charge in [0, 0.05) is 6.42 Å². The van der Waals surface area contributed by atoms with E-state index in [1.54, 1.807) is 0 Å². The molecule has 0 aromatic carbocycles. The lowest BCUT2D eigenvalue weighted by Gasteiger charge is -2.24. The van der Waals surface area contributed by atoms with E-state index in [9.17, 15) is 19.8 Å². The lowest BCUT2D eigenvalue weighted by molar-refractivity contribution is -0.151. The van der Waals surface area contributed by atoms with Crippen molar-refractivity contribution in [2.75, 3.05) is 6.61 Å². The van der Waals surface area contributed by atoms with E-state index < -0.39 is 18.2 Å². The second-order valence-corrected chi connectivity index (χ2v) is 14.7. The van der Waals surface area contributed by atoms with Gasteiger partial charge in [-0.05, 0) is 57.8 Å². The highest BCUT2D eigenvalue weighted by molar-refractivity contribution is 5.77. The molecule has 298 valence electrons. The number of hydrogen-bond donors (Lipinski definition) is 3. The predicted octanol–water partition coefficient (Wildman–Crippen LogP) is 12.2. The number of unbranched alkanes of at least 4 members (excludes halogenated alkanes) is 20. The van der Waals surface area contributed by atoms with Gasteiger partial charge in [-0.15, -0.1) is 0 Å². The highest BCUT2D eigenvalue weighted by atomic mass is 16.5. The number of carbonyl (C=O) groups excluding carboxylic acids is 2. The number of esters is 1. The van der Waals surface area contributed by atoms with Crippen LogP contribution in [0.5, 0.6) is 0 Å². The molecule has 51 heavy (non-hydrogen) atoms. The summed E-state index contributed by atoms with van der Waals surface area (Å²) in [5, 5.41) is 23.5. The molecule has 1 amide bonds. The summed E-state index contributed by atoms with van der Waals surface area (Å²) >= 11 is 0. The lowest BCUT2D eigenvalue weighted by Crippen LogP contribution is -2.46. The summed E-state index contributed by atoms with van der Waals surface area (Å²) < 4.78 is 5.86. The Bertz CT molecular complexity index is 854. The Labute approximate surface area is 315 Å². The molecular formula is C45H83NO5. The van der Waals surface area contributed by atoms with Gasteiger partial charge < -0.3 is 20.3 Å². The molecule has 0 aromatic rings. The van der Waals surface area contributed by atoms with E-state index in [1.165, 1.54) is 77.0 Å².